The molecule has 0 aliphatic carbocycles. The van der Waals surface area contributed by atoms with Gasteiger partial charge in [0.05, 0.1) is 21.2 Å². The summed E-state index contributed by atoms with van der Waals surface area (Å²) in [7, 11) is 0. The van der Waals surface area contributed by atoms with E-state index in [-0.39, 0.29) is 65.3 Å². The van der Waals surface area contributed by atoms with Crippen LogP contribution in [-0.2, 0) is 31.5 Å². The number of halogens is 10. The zero-order valence-corrected chi connectivity index (χ0v) is 38.3. The second kappa shape index (κ2) is 21.5. The molecule has 0 aliphatic rings. The number of ketones is 2. The molecule has 0 saturated heterocycles. The van der Waals surface area contributed by atoms with Gasteiger partial charge in [0.2, 0.25) is 12.1 Å². The first kappa shape index (κ1) is 52.2. The van der Waals surface area contributed by atoms with Crippen LogP contribution in [-0.4, -0.2) is 47.3 Å². The number of Topliss-reactive ketones (excluding diaryl/α,β-unsaturated/α-hetero) is 2. The molecule has 24 heteroatoms. The van der Waals surface area contributed by atoms with Crippen LogP contribution >= 0.6 is 46.4 Å². The molecule has 0 heterocycles. The lowest BCUT2D eigenvalue weighted by atomic mass is 10.1. The van der Waals surface area contributed by atoms with Crippen molar-refractivity contribution in [2.24, 2.45) is 20.5 Å². The Morgan fingerprint density at radius 2 is 0.868 bits per heavy atom. The highest BCUT2D eigenvalue weighted by Crippen LogP contribution is 2.36. The first-order chi connectivity index (χ1) is 31.7. The maximum absolute atomic E-state index is 13.4. The van der Waals surface area contributed by atoms with Crippen LogP contribution in [0.25, 0.3) is 0 Å². The summed E-state index contributed by atoms with van der Waals surface area (Å²) in [4.78, 5) is 77.9. The van der Waals surface area contributed by atoms with Crippen molar-refractivity contribution in [2.75, 3.05) is 21.3 Å². The molecule has 5 rings (SSSR count). The van der Waals surface area contributed by atoms with Crippen molar-refractivity contribution in [2.45, 2.75) is 52.1 Å². The predicted molar refractivity (Wildman–Crippen MR) is 243 cm³/mol. The fourth-order valence-corrected chi connectivity index (χ4v) is 6.81. The monoisotopic (exact) mass is 1020 g/mol. The molecule has 0 saturated carbocycles. The molecule has 0 spiro atoms. The van der Waals surface area contributed by atoms with E-state index < -0.39 is 70.8 Å². The number of amides is 4. The molecular formula is C44H32Cl4F6N8O6. The number of alkyl halides is 6. The fourth-order valence-electron chi connectivity index (χ4n) is 6.03. The average Bonchev–Trinajstić information content (AvgIpc) is 3.22. The van der Waals surface area contributed by atoms with Crippen LogP contribution in [0.15, 0.2) is 105 Å². The second-order valence-electron chi connectivity index (χ2n) is 14.6. The van der Waals surface area contributed by atoms with Gasteiger partial charge in [-0.2, -0.15) is 46.8 Å². The number of carbonyl (C=O) groups is 6. The Balaban J connectivity index is 1.27. The topological polar surface area (TPSA) is 200 Å². The molecule has 4 N–H and O–H groups in total. The third kappa shape index (κ3) is 13.7. The summed E-state index contributed by atoms with van der Waals surface area (Å²) in [6.07, 6.45) is -9.48. The molecule has 68 heavy (non-hydrogen) atoms. The highest BCUT2D eigenvalue weighted by molar-refractivity contribution is 6.34. The number of hydrogen-bond acceptors (Lipinski definition) is 10. The number of azo groups is 2. The molecule has 14 nitrogen and oxygen atoms in total. The Labute approximate surface area is 401 Å². The van der Waals surface area contributed by atoms with E-state index in [9.17, 15) is 55.1 Å². The van der Waals surface area contributed by atoms with E-state index in [1.165, 1.54) is 36.4 Å². The Kier molecular flexibility index (Phi) is 16.5. The van der Waals surface area contributed by atoms with Crippen LogP contribution < -0.4 is 21.3 Å². The zero-order chi connectivity index (χ0) is 50.4. The van der Waals surface area contributed by atoms with Gasteiger partial charge in [-0.1, -0.05) is 46.4 Å². The normalized spacial score (nSPS) is 12.7. The SMILES string of the molecule is CC(=O)C(N=Nc1cc(C(=O)Nc2cc(Cl)cc(C(F)(F)F)c2)ccc1Cl)C(=O)Nc1cc(C)c(NC(=O)C(N=Nc2cc(C(=O)Nc3cc(Cl)cc(C(F)(F)F)c3)ccc2Cl)C(C)=O)c(C)c1. The zero-order valence-electron chi connectivity index (χ0n) is 35.3. The number of aryl methyl sites for hydroxylation is 2. The molecule has 0 aromatic heterocycles. The van der Waals surface area contributed by atoms with Gasteiger partial charge < -0.3 is 21.3 Å². The van der Waals surface area contributed by atoms with E-state index in [0.29, 0.717) is 35.4 Å². The van der Waals surface area contributed by atoms with Crippen molar-refractivity contribution in [1.29, 1.82) is 0 Å². The number of nitrogens with one attached hydrogen (secondary N) is 4. The summed E-state index contributed by atoms with van der Waals surface area (Å²) in [5, 5.41) is 24.6. The van der Waals surface area contributed by atoms with Gasteiger partial charge in [0.25, 0.3) is 23.6 Å². The summed E-state index contributed by atoms with van der Waals surface area (Å²) in [6.45, 7) is 5.25. The fraction of sp³-hybridized carbons (Fsp3) is 0.182. The maximum Gasteiger partial charge on any atom is 0.416 e. The van der Waals surface area contributed by atoms with E-state index in [2.05, 4.69) is 41.7 Å². The summed E-state index contributed by atoms with van der Waals surface area (Å²) >= 11 is 24.1. The molecule has 0 aliphatic heterocycles. The van der Waals surface area contributed by atoms with Gasteiger partial charge in [-0.15, -0.1) is 0 Å². The van der Waals surface area contributed by atoms with Crippen LogP contribution in [0.4, 0.5) is 60.5 Å². The van der Waals surface area contributed by atoms with Gasteiger partial charge in [-0.05, 0) is 124 Å². The number of carbonyl (C=O) groups excluding carboxylic acids is 6. The number of anilines is 4. The number of nitrogens with zero attached hydrogens (tertiary/aromatic N) is 4. The molecule has 2 atom stereocenters. The quantitative estimate of drug-likeness (QED) is 0.0484. The Bertz CT molecular complexity index is 2910. The van der Waals surface area contributed by atoms with Crippen LogP contribution in [0.3, 0.4) is 0 Å². The first-order valence-corrected chi connectivity index (χ1v) is 20.7. The third-order valence-corrected chi connectivity index (χ3v) is 10.3. The van der Waals surface area contributed by atoms with Gasteiger partial charge in [-0.25, -0.2) is 0 Å². The lowest BCUT2D eigenvalue weighted by Gasteiger charge is -2.17. The van der Waals surface area contributed by atoms with E-state index >= 15 is 0 Å². The minimum Gasteiger partial charge on any atom is -0.324 e. The summed E-state index contributed by atoms with van der Waals surface area (Å²) in [5.74, 6) is -5.13. The number of benzene rings is 5. The summed E-state index contributed by atoms with van der Waals surface area (Å²) in [5.41, 5.74) is -2.19. The van der Waals surface area contributed by atoms with E-state index in [1.54, 1.807) is 13.8 Å². The molecule has 0 fully saturated rings. The number of hydrogen-bond donors (Lipinski definition) is 4. The van der Waals surface area contributed by atoms with Crippen LogP contribution in [0.2, 0.25) is 20.1 Å². The minimum atomic E-state index is -4.74. The van der Waals surface area contributed by atoms with Crippen molar-refractivity contribution in [1.82, 2.24) is 0 Å². The highest BCUT2D eigenvalue weighted by atomic mass is 35.5. The highest BCUT2D eigenvalue weighted by Gasteiger charge is 2.33. The van der Waals surface area contributed by atoms with Gasteiger partial charge in [0.1, 0.15) is 11.4 Å². The minimum absolute atomic E-state index is 0.0584. The summed E-state index contributed by atoms with van der Waals surface area (Å²) in [6, 6.07) is 11.6. The van der Waals surface area contributed by atoms with Gasteiger partial charge in [0, 0.05) is 43.9 Å². The number of rotatable bonds is 14. The molecule has 0 bridgehead atoms. The van der Waals surface area contributed by atoms with Crippen molar-refractivity contribution in [3.05, 3.63) is 138 Å². The molecule has 4 amide bonds. The van der Waals surface area contributed by atoms with Crippen molar-refractivity contribution < 1.29 is 55.1 Å². The maximum atomic E-state index is 13.4. The molecule has 0 radical (unpaired) electrons. The lowest BCUT2D eigenvalue weighted by molar-refractivity contribution is -0.138. The molecule has 354 valence electrons. The largest absolute Gasteiger partial charge is 0.416 e. The van der Waals surface area contributed by atoms with E-state index in [1.807, 2.05) is 0 Å². The van der Waals surface area contributed by atoms with Crippen molar-refractivity contribution in [3.63, 3.8) is 0 Å². The smallest absolute Gasteiger partial charge is 0.324 e. The van der Waals surface area contributed by atoms with E-state index in [4.69, 9.17) is 46.4 Å². The van der Waals surface area contributed by atoms with Crippen LogP contribution in [0.5, 0.6) is 0 Å². The predicted octanol–water partition coefficient (Wildman–Crippen LogP) is 12.8. The van der Waals surface area contributed by atoms with Gasteiger partial charge >= 0.3 is 12.4 Å². The van der Waals surface area contributed by atoms with Crippen molar-refractivity contribution in [3.8, 4) is 0 Å². The average molecular weight is 1020 g/mol. The Morgan fingerprint density at radius 3 is 1.24 bits per heavy atom. The summed E-state index contributed by atoms with van der Waals surface area (Å²) < 4.78 is 79.7. The molecule has 2 unspecified atom stereocenters. The molecule has 5 aromatic rings. The van der Waals surface area contributed by atoms with Crippen molar-refractivity contribution >= 4 is 116 Å². The lowest BCUT2D eigenvalue weighted by Crippen LogP contribution is -2.33. The van der Waals surface area contributed by atoms with E-state index in [0.717, 1.165) is 38.1 Å². The van der Waals surface area contributed by atoms with Gasteiger partial charge in [0.15, 0.2) is 11.6 Å². The standard InChI is InChI=1S/C44H32Cl4F6N8O6/c1-19-9-29(57-41(67)37(21(3)63)61-59-34-11-23(5-7-32(34)47)39(65)55-30-15-25(43(49,50)51)13-27(45)17-30)10-20(2)36(19)58-42(68)38(22(4)64)62-60-35-12-24(6-8-33(35)48)40(66)56-31-16-26(44(52,53)54)14-28(46)18-31/h5-18,37-38H,1-4H3,(H,55,65)(H,56,66)(H,57,67)(H,58,68). The molecular weight excluding hydrogens is 992 g/mol. The van der Waals surface area contributed by atoms with Crippen LogP contribution in [0.1, 0.15) is 56.8 Å². The second-order valence-corrected chi connectivity index (χ2v) is 16.3. The third-order valence-electron chi connectivity index (χ3n) is 9.26. The molecule has 5 aromatic carbocycles. The Hall–Kier alpha value is -6.74. The van der Waals surface area contributed by atoms with Crippen LogP contribution in [0, 0.1) is 13.8 Å². The first-order valence-electron chi connectivity index (χ1n) is 19.2. The Morgan fingerprint density at radius 1 is 0.500 bits per heavy atom. The van der Waals surface area contributed by atoms with Gasteiger partial charge in [-0.3, -0.25) is 28.8 Å².